The predicted molar refractivity (Wildman–Crippen MR) is 57.8 cm³/mol. The van der Waals surface area contributed by atoms with Crippen LogP contribution in [0.15, 0.2) is 9.64 Å². The minimum absolute atomic E-state index is 0.0438. The molecule has 0 radical (unpaired) electrons. The van der Waals surface area contributed by atoms with Gasteiger partial charge in [0.2, 0.25) is 0 Å². The van der Waals surface area contributed by atoms with Gasteiger partial charge in [0.25, 0.3) is 5.22 Å². The Bertz CT molecular complexity index is 406. The molecule has 1 atom stereocenters. The van der Waals surface area contributed by atoms with Crippen molar-refractivity contribution in [3.05, 3.63) is 5.89 Å². The summed E-state index contributed by atoms with van der Waals surface area (Å²) in [5.74, 6) is -1.95. The van der Waals surface area contributed by atoms with Crippen molar-refractivity contribution in [1.82, 2.24) is 10.2 Å². The van der Waals surface area contributed by atoms with Crippen molar-refractivity contribution in [2.75, 3.05) is 6.61 Å². The lowest BCUT2D eigenvalue weighted by Crippen LogP contribution is -2.14. The summed E-state index contributed by atoms with van der Waals surface area (Å²) in [6.07, 6.45) is 0.414. The Labute approximate surface area is 102 Å². The quantitative estimate of drug-likeness (QED) is 0.601. The number of carboxylic acids is 1. The molecule has 94 valence electrons. The van der Waals surface area contributed by atoms with Crippen molar-refractivity contribution in [2.24, 2.45) is 0 Å². The number of thioether (sulfide) groups is 1. The smallest absolute Gasteiger partial charge is 0.396 e. The molecule has 0 aliphatic carbocycles. The van der Waals surface area contributed by atoms with Crippen LogP contribution in [0.3, 0.4) is 0 Å². The molecule has 8 heteroatoms. The number of esters is 1. The highest BCUT2D eigenvalue weighted by atomic mass is 32.2. The van der Waals surface area contributed by atoms with E-state index in [-0.39, 0.29) is 17.7 Å². The summed E-state index contributed by atoms with van der Waals surface area (Å²) in [5, 5.41) is 15.2. The van der Waals surface area contributed by atoms with Gasteiger partial charge >= 0.3 is 17.8 Å². The molecular weight excluding hydrogens is 248 g/mol. The van der Waals surface area contributed by atoms with E-state index in [1.165, 1.54) is 0 Å². The van der Waals surface area contributed by atoms with Gasteiger partial charge in [0.1, 0.15) is 5.25 Å². The molecule has 1 heterocycles. The van der Waals surface area contributed by atoms with Gasteiger partial charge in [-0.3, -0.25) is 4.79 Å². The number of carbonyl (C=O) groups excluding carboxylic acids is 1. The van der Waals surface area contributed by atoms with Crippen LogP contribution in [0, 0.1) is 0 Å². The van der Waals surface area contributed by atoms with E-state index in [0.29, 0.717) is 6.42 Å². The normalized spacial score (nSPS) is 12.1. The fourth-order valence-corrected chi connectivity index (χ4v) is 1.69. The van der Waals surface area contributed by atoms with Gasteiger partial charge in [-0.2, -0.15) is 0 Å². The molecule has 0 fully saturated rings. The molecule has 0 saturated heterocycles. The second-order valence-electron chi connectivity index (χ2n) is 2.95. The topological polar surface area (TPSA) is 103 Å². The van der Waals surface area contributed by atoms with Crippen LogP contribution < -0.4 is 0 Å². The molecule has 0 amide bonds. The third kappa shape index (κ3) is 3.74. The van der Waals surface area contributed by atoms with Gasteiger partial charge in [-0.1, -0.05) is 23.8 Å². The first-order chi connectivity index (χ1) is 8.08. The molecule has 0 spiro atoms. The lowest BCUT2D eigenvalue weighted by molar-refractivity contribution is -0.136. The Kier molecular flexibility index (Phi) is 4.95. The van der Waals surface area contributed by atoms with Crippen LogP contribution in [0.25, 0.3) is 0 Å². The zero-order valence-electron chi connectivity index (χ0n) is 9.37. The second-order valence-corrected chi connectivity index (χ2v) is 4.10. The number of ether oxygens (including phenoxy) is 1. The highest BCUT2D eigenvalue weighted by Crippen LogP contribution is 2.24. The van der Waals surface area contributed by atoms with Crippen molar-refractivity contribution in [3.63, 3.8) is 0 Å². The average molecular weight is 260 g/mol. The zero-order chi connectivity index (χ0) is 12.8. The fourth-order valence-electron chi connectivity index (χ4n) is 0.963. The van der Waals surface area contributed by atoms with E-state index in [1.54, 1.807) is 13.8 Å². The Hall–Kier alpha value is -1.57. The van der Waals surface area contributed by atoms with Gasteiger partial charge in [-0.15, -0.1) is 5.10 Å². The molecule has 0 bridgehead atoms. The molecule has 1 N–H and O–H groups in total. The molecule has 7 nitrogen and oxygen atoms in total. The van der Waals surface area contributed by atoms with E-state index in [9.17, 15) is 9.59 Å². The monoisotopic (exact) mass is 260 g/mol. The number of hydrogen-bond acceptors (Lipinski definition) is 7. The lowest BCUT2D eigenvalue weighted by Gasteiger charge is -2.04. The maximum atomic E-state index is 11.2. The van der Waals surface area contributed by atoms with Crippen LogP contribution in [0.1, 0.15) is 31.0 Å². The summed E-state index contributed by atoms with van der Waals surface area (Å²) < 4.78 is 9.64. The summed E-state index contributed by atoms with van der Waals surface area (Å²) in [7, 11) is 0. The van der Waals surface area contributed by atoms with Crippen molar-refractivity contribution in [2.45, 2.75) is 30.7 Å². The summed E-state index contributed by atoms with van der Waals surface area (Å²) >= 11 is 0.906. The molecule has 0 saturated carbocycles. The highest BCUT2D eigenvalue weighted by Gasteiger charge is 2.22. The number of carbonyl (C=O) groups is 2. The van der Waals surface area contributed by atoms with Crippen molar-refractivity contribution in [1.29, 1.82) is 0 Å². The summed E-state index contributed by atoms with van der Waals surface area (Å²) in [5.41, 5.74) is 0. The number of hydrogen-bond donors (Lipinski definition) is 1. The van der Waals surface area contributed by atoms with E-state index in [0.717, 1.165) is 11.8 Å². The van der Waals surface area contributed by atoms with E-state index in [2.05, 4.69) is 14.9 Å². The largest absolute Gasteiger partial charge is 0.480 e. The van der Waals surface area contributed by atoms with Crippen LogP contribution in [0.4, 0.5) is 0 Å². The maximum Gasteiger partial charge on any atom is 0.396 e. The molecule has 1 aromatic rings. The van der Waals surface area contributed by atoms with Crippen LogP contribution in [-0.2, 0) is 9.53 Å². The number of aliphatic carboxylic acids is 1. The van der Waals surface area contributed by atoms with Gasteiger partial charge in [-0.05, 0) is 13.3 Å². The Morgan fingerprint density at radius 3 is 2.71 bits per heavy atom. The van der Waals surface area contributed by atoms with Crippen LogP contribution >= 0.6 is 11.8 Å². The molecular formula is C9H12N2O5S. The number of rotatable bonds is 6. The molecule has 0 aliphatic rings. The third-order valence-electron chi connectivity index (χ3n) is 1.75. The molecule has 17 heavy (non-hydrogen) atoms. The number of nitrogens with zero attached hydrogens (tertiary/aromatic N) is 2. The van der Waals surface area contributed by atoms with E-state index in [1.807, 2.05) is 0 Å². The van der Waals surface area contributed by atoms with Gasteiger partial charge in [0.15, 0.2) is 0 Å². The number of carboxylic acid groups (broad SMARTS) is 1. The molecule has 0 aromatic carbocycles. The number of aromatic nitrogens is 2. The SMILES string of the molecule is CCOC(=O)c1nnc(SC(CC)C(=O)O)o1. The van der Waals surface area contributed by atoms with E-state index in [4.69, 9.17) is 9.52 Å². The summed E-state index contributed by atoms with van der Waals surface area (Å²) in [6, 6.07) is 0. The second kappa shape index (κ2) is 6.24. The molecule has 1 unspecified atom stereocenters. The minimum atomic E-state index is -0.964. The Morgan fingerprint density at radius 2 is 2.18 bits per heavy atom. The first-order valence-corrected chi connectivity index (χ1v) is 5.86. The van der Waals surface area contributed by atoms with Crippen molar-refractivity contribution < 1.29 is 23.8 Å². The highest BCUT2D eigenvalue weighted by molar-refractivity contribution is 8.00. The lowest BCUT2D eigenvalue weighted by atomic mass is 10.3. The summed E-state index contributed by atoms with van der Waals surface area (Å²) in [4.78, 5) is 22.0. The zero-order valence-corrected chi connectivity index (χ0v) is 10.2. The van der Waals surface area contributed by atoms with Crippen LogP contribution in [0.2, 0.25) is 0 Å². The Balaban J connectivity index is 2.68. The van der Waals surface area contributed by atoms with Crippen LogP contribution in [0.5, 0.6) is 0 Å². The molecule has 1 rings (SSSR count). The molecule has 1 aromatic heterocycles. The first kappa shape index (κ1) is 13.5. The fraction of sp³-hybridized carbons (Fsp3) is 0.556. The van der Waals surface area contributed by atoms with Gasteiger partial charge in [0.05, 0.1) is 6.61 Å². The minimum Gasteiger partial charge on any atom is -0.480 e. The first-order valence-electron chi connectivity index (χ1n) is 4.98. The van der Waals surface area contributed by atoms with E-state index < -0.39 is 17.2 Å². The van der Waals surface area contributed by atoms with Gasteiger partial charge in [-0.25, -0.2) is 4.79 Å². The average Bonchev–Trinajstić information content (AvgIpc) is 2.74. The maximum absolute atomic E-state index is 11.2. The Morgan fingerprint density at radius 1 is 1.47 bits per heavy atom. The third-order valence-corrected chi connectivity index (χ3v) is 2.93. The standard InChI is InChI=1S/C9H12N2O5S/c1-3-5(7(12)13)17-9-11-10-6(16-9)8(14)15-4-2/h5H,3-4H2,1-2H3,(H,12,13). The van der Waals surface area contributed by atoms with Crippen molar-refractivity contribution >= 4 is 23.7 Å². The van der Waals surface area contributed by atoms with Crippen molar-refractivity contribution in [3.8, 4) is 0 Å². The summed E-state index contributed by atoms with van der Waals surface area (Å²) in [6.45, 7) is 3.59. The van der Waals surface area contributed by atoms with E-state index >= 15 is 0 Å². The van der Waals surface area contributed by atoms with Crippen LogP contribution in [-0.4, -0.2) is 39.1 Å². The predicted octanol–water partition coefficient (Wildman–Crippen LogP) is 1.20. The van der Waals surface area contributed by atoms with Gasteiger partial charge < -0.3 is 14.3 Å². The van der Waals surface area contributed by atoms with Gasteiger partial charge in [0, 0.05) is 0 Å². The molecule has 0 aliphatic heterocycles.